The van der Waals surface area contributed by atoms with Crippen molar-refractivity contribution in [3.8, 4) is 0 Å². The highest BCUT2D eigenvalue weighted by Gasteiger charge is 2.23. The van der Waals surface area contributed by atoms with Crippen molar-refractivity contribution in [1.82, 2.24) is 5.32 Å². The van der Waals surface area contributed by atoms with Gasteiger partial charge in [-0.3, -0.25) is 9.59 Å². The summed E-state index contributed by atoms with van der Waals surface area (Å²) in [5.41, 5.74) is 1.62. The van der Waals surface area contributed by atoms with Crippen molar-refractivity contribution >= 4 is 23.2 Å². The Balaban J connectivity index is 1.64. The molecule has 3 rings (SSSR count). The third-order valence-electron chi connectivity index (χ3n) is 4.58. The standard InChI is InChI=1S/C23H22FNO3S/c1-2-19(16-7-4-3-5-8-16)23(27)28-15-21(26)25-22(20-9-6-14-29-20)17-10-12-18(24)13-11-17/h3-14,19,22H,2,15H2,1H3,(H,25,26)/t19-,22-/m1/s1. The number of nitrogens with one attached hydrogen (secondary N) is 1. The molecule has 0 saturated carbocycles. The summed E-state index contributed by atoms with van der Waals surface area (Å²) in [6, 6.07) is 18.7. The van der Waals surface area contributed by atoms with Gasteiger partial charge in [0.25, 0.3) is 5.91 Å². The minimum Gasteiger partial charge on any atom is -0.455 e. The van der Waals surface area contributed by atoms with E-state index in [1.54, 1.807) is 12.1 Å². The van der Waals surface area contributed by atoms with Crippen molar-refractivity contribution < 1.29 is 18.7 Å². The Morgan fingerprint density at radius 1 is 1.00 bits per heavy atom. The number of esters is 1. The van der Waals surface area contributed by atoms with Crippen molar-refractivity contribution in [2.24, 2.45) is 0 Å². The third kappa shape index (κ3) is 5.51. The Bertz CT molecular complexity index is 927. The molecule has 29 heavy (non-hydrogen) atoms. The van der Waals surface area contributed by atoms with Gasteiger partial charge in [-0.25, -0.2) is 4.39 Å². The highest BCUT2D eigenvalue weighted by atomic mass is 32.1. The van der Waals surface area contributed by atoms with E-state index in [0.717, 1.165) is 16.0 Å². The summed E-state index contributed by atoms with van der Waals surface area (Å²) in [5, 5.41) is 4.79. The number of hydrogen-bond donors (Lipinski definition) is 1. The van der Waals surface area contributed by atoms with Gasteiger partial charge in [-0.15, -0.1) is 11.3 Å². The number of carbonyl (C=O) groups is 2. The van der Waals surface area contributed by atoms with E-state index < -0.39 is 23.8 Å². The van der Waals surface area contributed by atoms with Gasteiger partial charge in [0.2, 0.25) is 0 Å². The van der Waals surface area contributed by atoms with E-state index in [2.05, 4.69) is 5.32 Å². The number of rotatable bonds is 8. The van der Waals surface area contributed by atoms with E-state index in [1.165, 1.54) is 23.5 Å². The predicted molar refractivity (Wildman–Crippen MR) is 111 cm³/mol. The van der Waals surface area contributed by atoms with Gasteiger partial charge in [0.05, 0.1) is 12.0 Å². The summed E-state index contributed by atoms with van der Waals surface area (Å²) in [6.07, 6.45) is 0.581. The summed E-state index contributed by atoms with van der Waals surface area (Å²) < 4.78 is 18.5. The number of benzene rings is 2. The molecule has 0 unspecified atom stereocenters. The normalized spacial score (nSPS) is 12.8. The van der Waals surface area contributed by atoms with Gasteiger partial charge >= 0.3 is 5.97 Å². The van der Waals surface area contributed by atoms with Crippen LogP contribution in [0, 0.1) is 5.82 Å². The van der Waals surface area contributed by atoms with Crippen LogP contribution in [-0.2, 0) is 14.3 Å². The zero-order chi connectivity index (χ0) is 20.6. The van der Waals surface area contributed by atoms with Gasteiger partial charge in [0.15, 0.2) is 6.61 Å². The molecule has 150 valence electrons. The molecule has 0 aliphatic heterocycles. The molecule has 0 aliphatic carbocycles. The van der Waals surface area contributed by atoms with Crippen LogP contribution in [0.3, 0.4) is 0 Å². The molecule has 0 fully saturated rings. The lowest BCUT2D eigenvalue weighted by atomic mass is 9.97. The van der Waals surface area contributed by atoms with Gasteiger partial charge in [0.1, 0.15) is 5.82 Å². The second-order valence-corrected chi connectivity index (χ2v) is 7.53. The number of amides is 1. The molecule has 0 spiro atoms. The fraction of sp³-hybridized carbons (Fsp3) is 0.217. The smallest absolute Gasteiger partial charge is 0.313 e. The van der Waals surface area contributed by atoms with Crippen LogP contribution in [0.4, 0.5) is 4.39 Å². The van der Waals surface area contributed by atoms with E-state index in [0.29, 0.717) is 6.42 Å². The maximum Gasteiger partial charge on any atom is 0.313 e. The number of ether oxygens (including phenoxy) is 1. The van der Waals surface area contributed by atoms with Crippen LogP contribution >= 0.6 is 11.3 Å². The van der Waals surface area contributed by atoms with Gasteiger partial charge in [-0.05, 0) is 41.1 Å². The zero-order valence-electron chi connectivity index (χ0n) is 16.0. The van der Waals surface area contributed by atoms with E-state index in [-0.39, 0.29) is 12.4 Å². The Kier molecular flexibility index (Phi) is 7.14. The minimum absolute atomic E-state index is 0.342. The quantitative estimate of drug-likeness (QED) is 0.540. The molecule has 6 heteroatoms. The summed E-state index contributed by atoms with van der Waals surface area (Å²) in [7, 11) is 0. The Morgan fingerprint density at radius 2 is 1.72 bits per heavy atom. The van der Waals surface area contributed by atoms with Crippen LogP contribution in [0.1, 0.15) is 41.3 Å². The molecule has 2 atom stereocenters. The minimum atomic E-state index is -0.433. The van der Waals surface area contributed by atoms with Gasteiger partial charge in [-0.1, -0.05) is 55.5 Å². The third-order valence-corrected chi connectivity index (χ3v) is 5.51. The first-order valence-corrected chi connectivity index (χ1v) is 10.3. The second kappa shape index (κ2) is 9.98. The first-order chi connectivity index (χ1) is 14.1. The lowest BCUT2D eigenvalue weighted by Gasteiger charge is -2.19. The van der Waals surface area contributed by atoms with Gasteiger partial charge in [0, 0.05) is 4.88 Å². The molecule has 0 saturated heterocycles. The molecule has 4 nitrogen and oxygen atoms in total. The van der Waals surface area contributed by atoms with Crippen LogP contribution in [0.2, 0.25) is 0 Å². The van der Waals surface area contributed by atoms with E-state index in [9.17, 15) is 14.0 Å². The summed E-state index contributed by atoms with van der Waals surface area (Å²) in [6.45, 7) is 1.53. The van der Waals surface area contributed by atoms with E-state index in [1.807, 2.05) is 54.8 Å². The number of halogens is 1. The fourth-order valence-corrected chi connectivity index (χ4v) is 3.90. The van der Waals surface area contributed by atoms with E-state index in [4.69, 9.17) is 4.74 Å². The molecular formula is C23H22FNO3S. The lowest BCUT2D eigenvalue weighted by molar-refractivity contribution is -0.150. The molecule has 1 aromatic heterocycles. The largest absolute Gasteiger partial charge is 0.455 e. The predicted octanol–water partition coefficient (Wildman–Crippen LogP) is 4.83. The maximum absolute atomic E-state index is 13.3. The van der Waals surface area contributed by atoms with Crippen molar-refractivity contribution in [3.05, 3.63) is 93.9 Å². The first kappa shape index (κ1) is 20.7. The molecule has 1 heterocycles. The summed E-state index contributed by atoms with van der Waals surface area (Å²) in [5.74, 6) is -1.59. The van der Waals surface area contributed by atoms with Crippen LogP contribution in [0.15, 0.2) is 72.1 Å². The molecule has 3 aromatic rings. The van der Waals surface area contributed by atoms with Crippen molar-refractivity contribution in [3.63, 3.8) is 0 Å². The molecular weight excluding hydrogens is 389 g/mol. The number of thiophene rings is 1. The first-order valence-electron chi connectivity index (χ1n) is 9.38. The highest BCUT2D eigenvalue weighted by molar-refractivity contribution is 7.10. The number of carbonyl (C=O) groups excluding carboxylic acids is 2. The van der Waals surface area contributed by atoms with Gasteiger partial charge < -0.3 is 10.1 Å². The fourth-order valence-electron chi connectivity index (χ4n) is 3.09. The van der Waals surface area contributed by atoms with E-state index >= 15 is 0 Å². The zero-order valence-corrected chi connectivity index (χ0v) is 16.8. The second-order valence-electron chi connectivity index (χ2n) is 6.55. The molecule has 0 aliphatic rings. The lowest BCUT2D eigenvalue weighted by Crippen LogP contribution is -2.33. The molecule has 1 amide bonds. The molecule has 0 bridgehead atoms. The average Bonchev–Trinajstić information content (AvgIpc) is 3.27. The summed E-state index contributed by atoms with van der Waals surface area (Å²) in [4.78, 5) is 25.9. The Hall–Kier alpha value is -2.99. The Labute approximate surface area is 173 Å². The Morgan fingerprint density at radius 3 is 2.34 bits per heavy atom. The van der Waals surface area contributed by atoms with Crippen molar-refractivity contribution in [2.75, 3.05) is 6.61 Å². The molecule has 2 aromatic carbocycles. The SMILES string of the molecule is CC[C@@H](C(=O)OCC(=O)N[C@H](c1ccc(F)cc1)c1cccs1)c1ccccc1. The van der Waals surface area contributed by atoms with Crippen LogP contribution in [-0.4, -0.2) is 18.5 Å². The molecule has 1 N–H and O–H groups in total. The number of hydrogen-bond acceptors (Lipinski definition) is 4. The van der Waals surface area contributed by atoms with Crippen molar-refractivity contribution in [1.29, 1.82) is 0 Å². The molecule has 0 radical (unpaired) electrons. The average molecular weight is 411 g/mol. The summed E-state index contributed by atoms with van der Waals surface area (Å²) >= 11 is 1.49. The van der Waals surface area contributed by atoms with Crippen LogP contribution < -0.4 is 5.32 Å². The highest BCUT2D eigenvalue weighted by Crippen LogP contribution is 2.26. The topological polar surface area (TPSA) is 55.4 Å². The monoisotopic (exact) mass is 411 g/mol. The van der Waals surface area contributed by atoms with Crippen molar-refractivity contribution in [2.45, 2.75) is 25.3 Å². The maximum atomic E-state index is 13.3. The van der Waals surface area contributed by atoms with Crippen LogP contribution in [0.5, 0.6) is 0 Å². The van der Waals surface area contributed by atoms with Crippen LogP contribution in [0.25, 0.3) is 0 Å². The van der Waals surface area contributed by atoms with Gasteiger partial charge in [-0.2, -0.15) is 0 Å².